The van der Waals surface area contributed by atoms with Gasteiger partial charge in [-0.3, -0.25) is 9.59 Å². The first-order valence-corrected chi connectivity index (χ1v) is 34.3. The van der Waals surface area contributed by atoms with Crippen LogP contribution in [0.1, 0.15) is 317 Å². The van der Waals surface area contributed by atoms with Gasteiger partial charge in [-0.25, -0.2) is 0 Å². The number of carbonyl (C=O) groups excluding carboxylic acids is 2. The van der Waals surface area contributed by atoms with Crippen molar-refractivity contribution in [2.75, 3.05) is 72.7 Å². The van der Waals surface area contributed by atoms with Gasteiger partial charge in [0.1, 0.15) is 18.3 Å². The zero-order valence-corrected chi connectivity index (χ0v) is 52.6. The number of hydrogen-bond donors (Lipinski definition) is 0. The highest BCUT2D eigenvalue weighted by Gasteiger charge is 2.17. The summed E-state index contributed by atoms with van der Waals surface area (Å²) in [5, 5.41) is 0. The molecule has 0 saturated carbocycles. The average molecular weight is 1120 g/mol. The molecule has 79 heavy (non-hydrogen) atoms. The van der Waals surface area contributed by atoms with Crippen LogP contribution in [0.25, 0.3) is 0 Å². The fourth-order valence-electron chi connectivity index (χ4n) is 10.3. The number of ether oxygens (including phenoxy) is 8. The highest BCUT2D eigenvalue weighted by atomic mass is 16.6. The third-order valence-electron chi connectivity index (χ3n) is 15.4. The zero-order chi connectivity index (χ0) is 56.8. The van der Waals surface area contributed by atoms with Crippen LogP contribution in [-0.2, 0) is 47.5 Å². The number of carbonyl (C=O) groups is 2. The molecule has 0 saturated heterocycles. The van der Waals surface area contributed by atoms with Gasteiger partial charge in [-0.05, 0) is 115 Å². The Labute approximate surface area is 488 Å². The lowest BCUT2D eigenvalue weighted by Gasteiger charge is -2.19. The molecule has 0 aliphatic heterocycles. The molecule has 1 unspecified atom stereocenters. The molecule has 0 aromatic carbocycles. The van der Waals surface area contributed by atoms with Gasteiger partial charge in [-0.1, -0.05) is 213 Å². The molecule has 10 heteroatoms. The topological polar surface area (TPSA) is 108 Å². The van der Waals surface area contributed by atoms with Crippen LogP contribution in [0.15, 0.2) is 23.8 Å². The van der Waals surface area contributed by atoms with Crippen LogP contribution in [0, 0.1) is 0 Å². The summed E-state index contributed by atoms with van der Waals surface area (Å²) in [5.74, 6) is -0.00502. The second kappa shape index (κ2) is 62.2. The van der Waals surface area contributed by atoms with Gasteiger partial charge in [0.25, 0.3) is 0 Å². The number of esters is 2. The van der Waals surface area contributed by atoms with E-state index in [9.17, 15) is 9.59 Å². The van der Waals surface area contributed by atoms with Gasteiger partial charge in [0.15, 0.2) is 0 Å². The summed E-state index contributed by atoms with van der Waals surface area (Å²) in [7, 11) is 0. The van der Waals surface area contributed by atoms with Crippen molar-refractivity contribution in [3.63, 3.8) is 0 Å². The van der Waals surface area contributed by atoms with Crippen molar-refractivity contribution < 1.29 is 47.5 Å². The van der Waals surface area contributed by atoms with Crippen molar-refractivity contribution >= 4 is 11.9 Å². The molecule has 0 bridgehead atoms. The lowest BCUT2D eigenvalue weighted by atomic mass is 10.0. The lowest BCUT2D eigenvalue weighted by Crippen LogP contribution is -2.27. The molecule has 0 N–H and O–H groups in total. The molecule has 0 aromatic rings. The molecule has 1 aliphatic rings. The van der Waals surface area contributed by atoms with Gasteiger partial charge in [0, 0.05) is 39.3 Å². The molecule has 466 valence electrons. The van der Waals surface area contributed by atoms with Crippen LogP contribution in [-0.4, -0.2) is 103 Å². The quantitative estimate of drug-likeness (QED) is 0.0431. The van der Waals surface area contributed by atoms with Crippen molar-refractivity contribution in [1.82, 2.24) is 0 Å². The standard InChI is InChI=1S/C69H130O10/c1-5-9-13-17-23-35-47-65(48-36-24-18-14-10-6-2)78-68(70)51-39-27-21-29-41-55-74-62-67(63-76-60-58-73-54-43-32-42-53-72-57-59-75-61-64-45-33-31-34-46-64)77-56-44-30-22-28-40-52-69(71)79-66(49-37-25-19-15-11-7-3)50-38-26-20-16-12-8-4/h33,45-46,65-67H,5-32,34-44,47-63H2,1-4H3. The predicted octanol–water partition coefficient (Wildman–Crippen LogP) is 19.4. The maximum absolute atomic E-state index is 12.9. The first-order chi connectivity index (χ1) is 39.0. The number of unbranched alkanes of at least 4 members (excludes halogenated alkanes) is 30. The third-order valence-corrected chi connectivity index (χ3v) is 15.4. The fraction of sp³-hybridized carbons (Fsp3) is 0.913. The van der Waals surface area contributed by atoms with Gasteiger partial charge in [-0.2, -0.15) is 0 Å². The predicted molar refractivity (Wildman–Crippen MR) is 331 cm³/mol. The summed E-state index contributed by atoms with van der Waals surface area (Å²) in [6, 6.07) is 0. The molecule has 10 nitrogen and oxygen atoms in total. The Kier molecular flexibility index (Phi) is 59.2. The maximum atomic E-state index is 12.9. The Morgan fingerprint density at radius 2 is 0.696 bits per heavy atom. The molecular formula is C69H130O10. The van der Waals surface area contributed by atoms with Crippen LogP contribution in [0.3, 0.4) is 0 Å². The van der Waals surface area contributed by atoms with E-state index in [1.165, 1.54) is 160 Å². The monoisotopic (exact) mass is 1120 g/mol. The SMILES string of the molecule is CCCCCCCCC(CCCCCCCC)OC(=O)CCCCCCCOCC(COCCOCCCCCOCCOCC1=CCCC=C1)OCCCCCCCC(=O)OC(CCCCCCCC)CCCCCCCC. The summed E-state index contributed by atoms with van der Waals surface area (Å²) in [6.07, 6.45) is 57.9. The van der Waals surface area contributed by atoms with Gasteiger partial charge in [-0.15, -0.1) is 0 Å². The minimum absolute atomic E-state index is 0.00128. The van der Waals surface area contributed by atoms with E-state index in [1.54, 1.807) is 0 Å². The zero-order valence-electron chi connectivity index (χ0n) is 52.6. The maximum Gasteiger partial charge on any atom is 0.306 e. The molecule has 1 rings (SSSR count). The first-order valence-electron chi connectivity index (χ1n) is 34.3. The Hall–Kier alpha value is -1.82. The Morgan fingerprint density at radius 1 is 0.354 bits per heavy atom. The molecule has 0 radical (unpaired) electrons. The summed E-state index contributed by atoms with van der Waals surface area (Å²) in [5.41, 5.74) is 1.27. The Morgan fingerprint density at radius 3 is 1.13 bits per heavy atom. The van der Waals surface area contributed by atoms with Crippen molar-refractivity contribution in [3.8, 4) is 0 Å². The van der Waals surface area contributed by atoms with Crippen molar-refractivity contribution in [2.24, 2.45) is 0 Å². The van der Waals surface area contributed by atoms with E-state index in [0.29, 0.717) is 72.3 Å². The van der Waals surface area contributed by atoms with Crippen LogP contribution >= 0.6 is 0 Å². The Balaban J connectivity index is 2.40. The van der Waals surface area contributed by atoms with Crippen molar-refractivity contribution in [2.45, 2.75) is 335 Å². The summed E-state index contributed by atoms with van der Waals surface area (Å²) in [6.45, 7) is 15.9. The van der Waals surface area contributed by atoms with Crippen LogP contribution in [0.2, 0.25) is 0 Å². The number of hydrogen-bond acceptors (Lipinski definition) is 10. The van der Waals surface area contributed by atoms with Crippen molar-refractivity contribution in [3.05, 3.63) is 23.8 Å². The van der Waals surface area contributed by atoms with E-state index in [2.05, 4.69) is 45.9 Å². The van der Waals surface area contributed by atoms with E-state index in [0.717, 1.165) is 135 Å². The van der Waals surface area contributed by atoms with E-state index < -0.39 is 0 Å². The second-order valence-electron chi connectivity index (χ2n) is 23.2. The smallest absolute Gasteiger partial charge is 0.306 e. The summed E-state index contributed by atoms with van der Waals surface area (Å²) in [4.78, 5) is 25.8. The van der Waals surface area contributed by atoms with Gasteiger partial charge in [0.2, 0.25) is 0 Å². The molecule has 0 fully saturated rings. The van der Waals surface area contributed by atoms with E-state index in [4.69, 9.17) is 37.9 Å². The van der Waals surface area contributed by atoms with Gasteiger partial charge >= 0.3 is 11.9 Å². The molecule has 0 spiro atoms. The number of allylic oxidation sites excluding steroid dienone is 2. The largest absolute Gasteiger partial charge is 0.462 e. The summed E-state index contributed by atoms with van der Waals surface area (Å²) >= 11 is 0. The summed E-state index contributed by atoms with van der Waals surface area (Å²) < 4.78 is 48.1. The van der Waals surface area contributed by atoms with E-state index >= 15 is 0 Å². The van der Waals surface area contributed by atoms with E-state index in [1.807, 2.05) is 0 Å². The van der Waals surface area contributed by atoms with Crippen molar-refractivity contribution in [1.29, 1.82) is 0 Å². The highest BCUT2D eigenvalue weighted by molar-refractivity contribution is 5.69. The van der Waals surface area contributed by atoms with Gasteiger partial charge in [0.05, 0.1) is 46.2 Å². The molecule has 0 amide bonds. The molecule has 0 heterocycles. The van der Waals surface area contributed by atoms with Crippen LogP contribution in [0.5, 0.6) is 0 Å². The molecule has 1 aliphatic carbocycles. The first kappa shape index (κ1) is 75.2. The van der Waals surface area contributed by atoms with Gasteiger partial charge < -0.3 is 37.9 Å². The molecule has 1 atom stereocenters. The van der Waals surface area contributed by atoms with Crippen LogP contribution in [0.4, 0.5) is 0 Å². The third kappa shape index (κ3) is 55.2. The second-order valence-corrected chi connectivity index (χ2v) is 23.2. The van der Waals surface area contributed by atoms with E-state index in [-0.39, 0.29) is 30.3 Å². The minimum Gasteiger partial charge on any atom is -0.462 e. The molecule has 0 aromatic heterocycles. The highest BCUT2D eigenvalue weighted by Crippen LogP contribution is 2.21. The lowest BCUT2D eigenvalue weighted by molar-refractivity contribution is -0.151. The molecular weight excluding hydrogens is 989 g/mol. The Bertz CT molecular complexity index is 1290. The van der Waals surface area contributed by atoms with Crippen LogP contribution < -0.4 is 0 Å². The number of rotatable bonds is 65. The minimum atomic E-state index is -0.126. The normalized spacial score (nSPS) is 13.0. The average Bonchev–Trinajstić information content (AvgIpc) is 3.45. The fourth-order valence-corrected chi connectivity index (χ4v) is 10.3.